The molecule has 122 valence electrons. The largest absolute Gasteiger partial charge is 0.478 e. The highest BCUT2D eigenvalue weighted by atomic mass is 35.5. The molecule has 0 bridgehead atoms. The number of hydrogen-bond donors (Lipinski definition) is 2. The Balaban J connectivity index is 2.15. The normalized spacial score (nSPS) is 23.7. The molecule has 22 heavy (non-hydrogen) atoms. The number of hydrogen-bond acceptors (Lipinski definition) is 4. The van der Waals surface area contributed by atoms with Crippen molar-refractivity contribution in [3.63, 3.8) is 0 Å². The number of ether oxygens (including phenoxy) is 1. The number of halogens is 3. The van der Waals surface area contributed by atoms with Gasteiger partial charge in [-0.05, 0) is 26.3 Å². The second kappa shape index (κ2) is 6.34. The summed E-state index contributed by atoms with van der Waals surface area (Å²) in [6.07, 6.45) is -0.731. The molecular formula is C14H17ClF2N2O3. The monoisotopic (exact) mass is 334 g/mol. The van der Waals surface area contributed by atoms with Gasteiger partial charge in [-0.3, -0.25) is 0 Å². The predicted molar refractivity (Wildman–Crippen MR) is 77.8 cm³/mol. The molecule has 2 atom stereocenters. The van der Waals surface area contributed by atoms with E-state index in [-0.39, 0.29) is 28.9 Å². The van der Waals surface area contributed by atoms with Gasteiger partial charge in [0.2, 0.25) is 0 Å². The van der Waals surface area contributed by atoms with Crippen molar-refractivity contribution in [2.24, 2.45) is 0 Å². The standard InChI is InChI=1S/C14H17ClF2N2O3/c1-7(2)22-11-3-8(5-14(11,16)17)19-10-4-12(15)18-6-9(10)13(20)21/h4,6-8,11H,3,5H2,1-2H3,(H,18,19)(H,20,21). The van der Waals surface area contributed by atoms with Gasteiger partial charge in [0.05, 0.1) is 11.8 Å². The number of carbonyl (C=O) groups is 1. The number of nitrogens with zero attached hydrogens (tertiary/aromatic N) is 1. The van der Waals surface area contributed by atoms with E-state index in [1.807, 2.05) is 0 Å². The number of rotatable bonds is 5. The van der Waals surface area contributed by atoms with Crippen molar-refractivity contribution < 1.29 is 23.4 Å². The van der Waals surface area contributed by atoms with Crippen molar-refractivity contribution in [1.29, 1.82) is 0 Å². The number of nitrogens with one attached hydrogen (secondary N) is 1. The molecule has 2 N–H and O–H groups in total. The van der Waals surface area contributed by atoms with E-state index >= 15 is 0 Å². The molecule has 1 aromatic rings. The third kappa shape index (κ3) is 3.84. The number of alkyl halides is 2. The molecule has 2 rings (SSSR count). The van der Waals surface area contributed by atoms with Crippen molar-refractivity contribution in [3.05, 3.63) is 23.0 Å². The summed E-state index contributed by atoms with van der Waals surface area (Å²) in [5.41, 5.74) is 0.0689. The first-order valence-corrected chi connectivity index (χ1v) is 7.25. The van der Waals surface area contributed by atoms with Crippen molar-refractivity contribution in [2.45, 2.75) is 50.9 Å². The van der Waals surface area contributed by atoms with E-state index in [0.29, 0.717) is 0 Å². The number of pyridine rings is 1. The predicted octanol–water partition coefficient (Wildman–Crippen LogP) is 3.44. The van der Waals surface area contributed by atoms with Gasteiger partial charge in [-0.1, -0.05) is 11.6 Å². The molecular weight excluding hydrogens is 318 g/mol. The molecule has 0 radical (unpaired) electrons. The van der Waals surface area contributed by atoms with Crippen LogP contribution in [0.25, 0.3) is 0 Å². The lowest BCUT2D eigenvalue weighted by atomic mass is 10.2. The zero-order chi connectivity index (χ0) is 16.5. The number of anilines is 1. The first-order chi connectivity index (χ1) is 10.2. The molecule has 1 aliphatic carbocycles. The van der Waals surface area contributed by atoms with E-state index in [1.54, 1.807) is 13.8 Å². The van der Waals surface area contributed by atoms with Gasteiger partial charge in [0.15, 0.2) is 0 Å². The van der Waals surface area contributed by atoms with E-state index in [0.717, 1.165) is 6.20 Å². The summed E-state index contributed by atoms with van der Waals surface area (Å²) in [6, 6.07) is 0.718. The molecule has 2 unspecified atom stereocenters. The Hall–Kier alpha value is -1.47. The van der Waals surface area contributed by atoms with Crippen LogP contribution in [-0.4, -0.2) is 40.2 Å². The number of carboxylic acids is 1. The van der Waals surface area contributed by atoms with Crippen LogP contribution in [0.3, 0.4) is 0 Å². The van der Waals surface area contributed by atoms with Gasteiger partial charge in [-0.25, -0.2) is 18.6 Å². The summed E-state index contributed by atoms with van der Waals surface area (Å²) in [4.78, 5) is 14.8. The number of aromatic carboxylic acids is 1. The second-order valence-corrected chi connectivity index (χ2v) is 5.96. The molecule has 0 amide bonds. The molecule has 1 fully saturated rings. The molecule has 0 aliphatic heterocycles. The van der Waals surface area contributed by atoms with Gasteiger partial charge >= 0.3 is 5.97 Å². The second-order valence-electron chi connectivity index (χ2n) is 5.57. The lowest BCUT2D eigenvalue weighted by Gasteiger charge is -2.21. The summed E-state index contributed by atoms with van der Waals surface area (Å²) in [7, 11) is 0. The van der Waals surface area contributed by atoms with Crippen LogP contribution in [0.5, 0.6) is 0 Å². The Kier molecular flexibility index (Phi) is 4.87. The molecule has 1 aliphatic rings. The van der Waals surface area contributed by atoms with Gasteiger partial charge in [-0.15, -0.1) is 0 Å². The summed E-state index contributed by atoms with van der Waals surface area (Å²) in [5.74, 6) is -4.16. The van der Waals surface area contributed by atoms with Crippen LogP contribution in [0.4, 0.5) is 14.5 Å². The van der Waals surface area contributed by atoms with Gasteiger partial charge in [0, 0.05) is 18.7 Å². The highest BCUT2D eigenvalue weighted by molar-refractivity contribution is 6.29. The summed E-state index contributed by atoms with van der Waals surface area (Å²) in [5, 5.41) is 12.0. The van der Waals surface area contributed by atoms with Crippen LogP contribution >= 0.6 is 11.6 Å². The lowest BCUT2D eigenvalue weighted by Crippen LogP contribution is -2.31. The van der Waals surface area contributed by atoms with Crippen LogP contribution in [0, 0.1) is 0 Å². The average molecular weight is 335 g/mol. The third-order valence-electron chi connectivity index (χ3n) is 3.39. The van der Waals surface area contributed by atoms with Crippen LogP contribution in [-0.2, 0) is 4.74 Å². The quantitative estimate of drug-likeness (QED) is 0.807. The van der Waals surface area contributed by atoms with Crippen LogP contribution in [0.2, 0.25) is 5.15 Å². The molecule has 0 aromatic carbocycles. The summed E-state index contributed by atoms with van der Waals surface area (Å²) in [6.45, 7) is 3.39. The Bertz CT molecular complexity index is 569. The summed E-state index contributed by atoms with van der Waals surface area (Å²) >= 11 is 5.74. The smallest absolute Gasteiger partial charge is 0.339 e. The number of aromatic nitrogens is 1. The molecule has 1 saturated carbocycles. The van der Waals surface area contributed by atoms with E-state index < -0.39 is 30.5 Å². The highest BCUT2D eigenvalue weighted by Gasteiger charge is 2.50. The van der Waals surface area contributed by atoms with E-state index in [1.165, 1.54) is 6.07 Å². The third-order valence-corrected chi connectivity index (χ3v) is 3.59. The fraction of sp³-hybridized carbons (Fsp3) is 0.571. The van der Waals surface area contributed by atoms with Crippen LogP contribution < -0.4 is 5.32 Å². The van der Waals surface area contributed by atoms with Crippen molar-refractivity contribution in [2.75, 3.05) is 5.32 Å². The van der Waals surface area contributed by atoms with Gasteiger partial charge in [0.25, 0.3) is 5.92 Å². The van der Waals surface area contributed by atoms with Gasteiger partial charge in [0.1, 0.15) is 16.8 Å². The Morgan fingerprint density at radius 1 is 1.59 bits per heavy atom. The zero-order valence-electron chi connectivity index (χ0n) is 12.1. The van der Waals surface area contributed by atoms with Crippen LogP contribution in [0.15, 0.2) is 12.3 Å². The Morgan fingerprint density at radius 2 is 2.27 bits per heavy atom. The fourth-order valence-electron chi connectivity index (χ4n) is 2.51. The van der Waals surface area contributed by atoms with E-state index in [4.69, 9.17) is 21.4 Å². The average Bonchev–Trinajstić information content (AvgIpc) is 2.62. The van der Waals surface area contributed by atoms with Gasteiger partial charge in [-0.2, -0.15) is 0 Å². The molecule has 0 spiro atoms. The maximum Gasteiger partial charge on any atom is 0.339 e. The fourth-order valence-corrected chi connectivity index (χ4v) is 2.67. The Morgan fingerprint density at radius 3 is 2.86 bits per heavy atom. The number of carboxylic acid groups (broad SMARTS) is 1. The van der Waals surface area contributed by atoms with Crippen molar-refractivity contribution in [1.82, 2.24) is 4.98 Å². The van der Waals surface area contributed by atoms with Crippen molar-refractivity contribution in [3.8, 4) is 0 Å². The zero-order valence-corrected chi connectivity index (χ0v) is 12.9. The first kappa shape index (κ1) is 16.9. The van der Waals surface area contributed by atoms with E-state index in [9.17, 15) is 13.6 Å². The summed E-state index contributed by atoms with van der Waals surface area (Å²) < 4.78 is 33.1. The van der Waals surface area contributed by atoms with Crippen LogP contribution in [0.1, 0.15) is 37.0 Å². The minimum Gasteiger partial charge on any atom is -0.478 e. The molecule has 8 heteroatoms. The highest BCUT2D eigenvalue weighted by Crippen LogP contribution is 2.39. The molecule has 0 saturated heterocycles. The first-order valence-electron chi connectivity index (χ1n) is 6.87. The SMILES string of the molecule is CC(C)OC1CC(Nc2cc(Cl)ncc2C(=O)O)CC1(F)F. The Labute approximate surface area is 131 Å². The van der Waals surface area contributed by atoms with Gasteiger partial charge < -0.3 is 15.2 Å². The lowest BCUT2D eigenvalue weighted by molar-refractivity contribution is -0.133. The minimum absolute atomic E-state index is 0.0875. The maximum atomic E-state index is 13.9. The minimum atomic E-state index is -2.96. The van der Waals surface area contributed by atoms with Crippen molar-refractivity contribution >= 4 is 23.3 Å². The topological polar surface area (TPSA) is 71.5 Å². The molecule has 1 aromatic heterocycles. The molecule has 1 heterocycles. The van der Waals surface area contributed by atoms with E-state index in [2.05, 4.69) is 10.3 Å². The maximum absolute atomic E-state index is 13.9. The molecule has 5 nitrogen and oxygen atoms in total.